The molecule has 0 fully saturated rings. The van der Waals surface area contributed by atoms with E-state index < -0.39 is 0 Å². The number of hydrogen-bond acceptors (Lipinski definition) is 2. The molecule has 1 atom stereocenters. The van der Waals surface area contributed by atoms with E-state index in [1.165, 1.54) is 0 Å². The van der Waals surface area contributed by atoms with Crippen LogP contribution in [-0.4, -0.2) is 24.9 Å². The van der Waals surface area contributed by atoms with E-state index in [1.54, 1.807) is 11.9 Å². The molecule has 0 aliphatic heterocycles. The Hall–Kier alpha value is -1.22. The molecule has 19 heavy (non-hydrogen) atoms. The van der Waals surface area contributed by atoms with Gasteiger partial charge in [0.05, 0.1) is 11.8 Å². The molecule has 3 nitrogen and oxygen atoms in total. The van der Waals surface area contributed by atoms with Crippen LogP contribution < -0.4 is 9.64 Å². The van der Waals surface area contributed by atoms with Crippen molar-refractivity contribution >= 4 is 23.2 Å². The van der Waals surface area contributed by atoms with E-state index in [-0.39, 0.29) is 17.9 Å². The predicted octanol–water partition coefficient (Wildman–Crippen LogP) is 3.76. The van der Waals surface area contributed by atoms with Gasteiger partial charge in [-0.3, -0.25) is 4.79 Å². The van der Waals surface area contributed by atoms with Crippen LogP contribution in [-0.2, 0) is 4.79 Å². The highest BCUT2D eigenvalue weighted by Gasteiger charge is 2.18. The molecule has 0 bridgehead atoms. The maximum absolute atomic E-state index is 11.8. The molecule has 0 saturated carbocycles. The van der Waals surface area contributed by atoms with E-state index in [0.29, 0.717) is 0 Å². The molecule has 0 heterocycles. The van der Waals surface area contributed by atoms with Crippen LogP contribution >= 0.6 is 11.6 Å². The average molecular weight is 284 g/mol. The quantitative estimate of drug-likeness (QED) is 0.744. The van der Waals surface area contributed by atoms with Crippen molar-refractivity contribution in [1.82, 2.24) is 0 Å². The zero-order valence-electron chi connectivity index (χ0n) is 12.1. The summed E-state index contributed by atoms with van der Waals surface area (Å²) in [5.41, 5.74) is 1.80. The Bertz CT molecular complexity index is 434. The summed E-state index contributed by atoms with van der Waals surface area (Å²) in [4.78, 5) is 13.3. The van der Waals surface area contributed by atoms with Crippen LogP contribution in [0.5, 0.6) is 5.75 Å². The van der Waals surface area contributed by atoms with Gasteiger partial charge in [0.25, 0.3) is 0 Å². The average Bonchev–Trinajstić information content (AvgIpc) is 2.37. The van der Waals surface area contributed by atoms with E-state index in [1.807, 2.05) is 32.0 Å². The summed E-state index contributed by atoms with van der Waals surface area (Å²) < 4.78 is 5.95. The van der Waals surface area contributed by atoms with Crippen molar-refractivity contribution in [3.05, 3.63) is 23.8 Å². The molecular formula is C15H22ClNO2. The zero-order valence-corrected chi connectivity index (χ0v) is 12.8. The Morgan fingerprint density at radius 2 is 2.16 bits per heavy atom. The molecule has 1 amide bonds. The highest BCUT2D eigenvalue weighted by molar-refractivity contribution is 6.29. The van der Waals surface area contributed by atoms with Gasteiger partial charge in [-0.2, -0.15) is 0 Å². The number of carbonyl (C=O) groups is 1. The van der Waals surface area contributed by atoms with Crippen molar-refractivity contribution in [3.8, 4) is 5.75 Å². The molecule has 0 saturated heterocycles. The normalized spacial score (nSPS) is 12.1. The zero-order chi connectivity index (χ0) is 14.4. The molecule has 1 aromatic rings. The number of carbonyl (C=O) groups excluding carboxylic acids is 1. The van der Waals surface area contributed by atoms with Crippen molar-refractivity contribution in [2.24, 2.45) is 0 Å². The molecule has 1 aromatic carbocycles. The first-order valence-corrected chi connectivity index (χ1v) is 7.13. The van der Waals surface area contributed by atoms with Crippen molar-refractivity contribution in [2.75, 3.05) is 17.8 Å². The third-order valence-corrected chi connectivity index (χ3v) is 3.28. The summed E-state index contributed by atoms with van der Waals surface area (Å²) in [5, 5.41) is 0. The summed E-state index contributed by atoms with van der Waals surface area (Å²) in [5.74, 6) is 0.570. The van der Waals surface area contributed by atoms with Gasteiger partial charge >= 0.3 is 0 Å². The molecule has 4 heteroatoms. The number of para-hydroxylation sites is 1. The molecular weight excluding hydrogens is 262 g/mol. The third-order valence-electron chi connectivity index (χ3n) is 3.05. The maximum Gasteiger partial charge on any atom is 0.241 e. The Labute approximate surface area is 120 Å². The number of hydrogen-bond donors (Lipinski definition) is 0. The standard InChI is InChI=1S/C15H22ClNO2/c1-5-7-12(3)19-13-9-6-8-11(2)15(13)17(4)14(18)10-16/h6,8-9,12H,5,7,10H2,1-4H3. The monoisotopic (exact) mass is 283 g/mol. The van der Waals surface area contributed by atoms with Crippen LogP contribution in [0.15, 0.2) is 18.2 Å². The summed E-state index contributed by atoms with van der Waals surface area (Å²) in [6.07, 6.45) is 2.18. The topological polar surface area (TPSA) is 29.5 Å². The van der Waals surface area contributed by atoms with Gasteiger partial charge in [0.15, 0.2) is 0 Å². The van der Waals surface area contributed by atoms with Gasteiger partial charge in [-0.1, -0.05) is 25.5 Å². The predicted molar refractivity (Wildman–Crippen MR) is 80.3 cm³/mol. The van der Waals surface area contributed by atoms with Gasteiger partial charge in [-0.05, 0) is 31.9 Å². The van der Waals surface area contributed by atoms with E-state index in [0.717, 1.165) is 29.8 Å². The van der Waals surface area contributed by atoms with Gasteiger partial charge < -0.3 is 9.64 Å². The number of ether oxygens (including phenoxy) is 1. The summed E-state index contributed by atoms with van der Waals surface area (Å²) in [7, 11) is 1.73. The van der Waals surface area contributed by atoms with Gasteiger partial charge in [0, 0.05) is 7.05 Å². The minimum Gasteiger partial charge on any atom is -0.489 e. The van der Waals surface area contributed by atoms with Gasteiger partial charge in [0.2, 0.25) is 5.91 Å². The fraction of sp³-hybridized carbons (Fsp3) is 0.533. The molecule has 0 N–H and O–H groups in total. The Morgan fingerprint density at radius 3 is 2.74 bits per heavy atom. The van der Waals surface area contributed by atoms with E-state index >= 15 is 0 Å². The molecule has 0 radical (unpaired) electrons. The minimum absolute atomic E-state index is 0.0329. The highest BCUT2D eigenvalue weighted by Crippen LogP contribution is 2.32. The van der Waals surface area contributed by atoms with Crippen LogP contribution in [0.3, 0.4) is 0 Å². The van der Waals surface area contributed by atoms with Crippen LogP contribution in [0.25, 0.3) is 0 Å². The van der Waals surface area contributed by atoms with E-state index in [2.05, 4.69) is 6.92 Å². The lowest BCUT2D eigenvalue weighted by Gasteiger charge is -2.24. The smallest absolute Gasteiger partial charge is 0.241 e. The van der Waals surface area contributed by atoms with Gasteiger partial charge in [-0.15, -0.1) is 11.6 Å². The number of amides is 1. The van der Waals surface area contributed by atoms with E-state index in [4.69, 9.17) is 16.3 Å². The lowest BCUT2D eigenvalue weighted by atomic mass is 10.1. The first kappa shape index (κ1) is 15.8. The second-order valence-electron chi connectivity index (χ2n) is 4.73. The van der Waals surface area contributed by atoms with E-state index in [9.17, 15) is 4.79 Å². The molecule has 0 spiro atoms. The van der Waals surface area contributed by atoms with Crippen LogP contribution in [0.4, 0.5) is 5.69 Å². The first-order valence-electron chi connectivity index (χ1n) is 6.60. The van der Waals surface area contributed by atoms with Crippen molar-refractivity contribution in [3.63, 3.8) is 0 Å². The molecule has 1 unspecified atom stereocenters. The van der Waals surface area contributed by atoms with Crippen LogP contribution in [0.1, 0.15) is 32.3 Å². The second-order valence-corrected chi connectivity index (χ2v) is 4.99. The van der Waals surface area contributed by atoms with Gasteiger partial charge in [0.1, 0.15) is 11.6 Å². The lowest BCUT2D eigenvalue weighted by molar-refractivity contribution is -0.116. The Kier molecular flexibility index (Phi) is 6.16. The number of halogens is 1. The fourth-order valence-corrected chi connectivity index (χ4v) is 2.23. The SMILES string of the molecule is CCCC(C)Oc1cccc(C)c1N(C)C(=O)CCl. The van der Waals surface area contributed by atoms with Gasteiger partial charge in [-0.25, -0.2) is 0 Å². The molecule has 0 aromatic heterocycles. The molecule has 0 aliphatic carbocycles. The lowest BCUT2D eigenvalue weighted by Crippen LogP contribution is -2.29. The first-order chi connectivity index (χ1) is 9.01. The summed E-state index contributed by atoms with van der Waals surface area (Å²) in [6.45, 7) is 6.13. The number of anilines is 1. The number of benzene rings is 1. The fourth-order valence-electron chi connectivity index (χ4n) is 2.05. The third kappa shape index (κ3) is 4.13. The van der Waals surface area contributed by atoms with Crippen LogP contribution in [0, 0.1) is 6.92 Å². The number of alkyl halides is 1. The Balaban J connectivity index is 3.04. The van der Waals surface area contributed by atoms with Crippen LogP contribution in [0.2, 0.25) is 0 Å². The second kappa shape index (κ2) is 7.39. The maximum atomic E-state index is 11.8. The van der Waals surface area contributed by atoms with Crippen molar-refractivity contribution in [2.45, 2.75) is 39.7 Å². The van der Waals surface area contributed by atoms with Crippen molar-refractivity contribution < 1.29 is 9.53 Å². The number of nitrogens with zero attached hydrogens (tertiary/aromatic N) is 1. The number of aryl methyl sites for hydroxylation is 1. The molecule has 0 aliphatic rings. The minimum atomic E-state index is -0.135. The van der Waals surface area contributed by atoms with Crippen molar-refractivity contribution in [1.29, 1.82) is 0 Å². The molecule has 1 rings (SSSR count). The summed E-state index contributed by atoms with van der Waals surface area (Å²) >= 11 is 5.62. The molecule has 106 valence electrons. The number of rotatable bonds is 6. The highest BCUT2D eigenvalue weighted by atomic mass is 35.5. The Morgan fingerprint density at radius 1 is 1.47 bits per heavy atom. The largest absolute Gasteiger partial charge is 0.489 e. The summed E-state index contributed by atoms with van der Waals surface area (Å²) in [6, 6.07) is 5.79.